The van der Waals surface area contributed by atoms with Crippen LogP contribution in [0.4, 0.5) is 5.69 Å². The summed E-state index contributed by atoms with van der Waals surface area (Å²) < 4.78 is 26.1. The van der Waals surface area contributed by atoms with Gasteiger partial charge in [-0.25, -0.2) is 8.42 Å². The Kier molecular flexibility index (Phi) is 7.35. The van der Waals surface area contributed by atoms with E-state index in [1.807, 2.05) is 13.8 Å². The molecule has 0 aliphatic heterocycles. The van der Waals surface area contributed by atoms with Gasteiger partial charge in [-0.2, -0.15) is 0 Å². The average molecular weight is 391 g/mol. The minimum atomic E-state index is -3.52. The Morgan fingerprint density at radius 3 is 2.00 bits per heavy atom. The van der Waals surface area contributed by atoms with Crippen LogP contribution < -0.4 is 4.31 Å². The number of nitrogens with zero attached hydrogens (tertiary/aromatic N) is 2. The second kappa shape index (κ2) is 8.53. The first-order chi connectivity index (χ1) is 10.3. The zero-order chi connectivity index (χ0) is 16.8. The third-order valence-corrected chi connectivity index (χ3v) is 4.80. The number of carbonyl (C=O) groups excluding carboxylic acids is 1. The van der Waals surface area contributed by atoms with Crippen LogP contribution in [-0.4, -0.2) is 45.1 Å². The van der Waals surface area contributed by atoms with E-state index in [0.29, 0.717) is 18.8 Å². The van der Waals surface area contributed by atoms with Crippen LogP contribution in [0.1, 0.15) is 26.7 Å². The molecule has 1 aromatic rings. The summed E-state index contributed by atoms with van der Waals surface area (Å²) in [6, 6.07) is 6.88. The highest BCUT2D eigenvalue weighted by Crippen LogP contribution is 2.20. The van der Waals surface area contributed by atoms with E-state index >= 15 is 0 Å². The maximum atomic E-state index is 12.4. The Bertz CT molecular complexity index is 581. The molecule has 0 fully saturated rings. The van der Waals surface area contributed by atoms with E-state index in [2.05, 4.69) is 15.9 Å². The van der Waals surface area contributed by atoms with Crippen molar-refractivity contribution < 1.29 is 13.2 Å². The summed E-state index contributed by atoms with van der Waals surface area (Å²) in [5, 5.41) is 0. The van der Waals surface area contributed by atoms with Crippen LogP contribution >= 0.6 is 15.9 Å². The summed E-state index contributed by atoms with van der Waals surface area (Å²) >= 11 is 3.32. The van der Waals surface area contributed by atoms with E-state index < -0.39 is 10.0 Å². The number of sulfonamides is 1. The maximum Gasteiger partial charge on any atom is 0.243 e. The van der Waals surface area contributed by atoms with Crippen molar-refractivity contribution in [3.8, 4) is 0 Å². The Morgan fingerprint density at radius 2 is 1.59 bits per heavy atom. The van der Waals surface area contributed by atoms with Crippen LogP contribution in [0, 0.1) is 0 Å². The highest BCUT2D eigenvalue weighted by atomic mass is 79.9. The maximum absolute atomic E-state index is 12.4. The number of halogens is 1. The molecule has 1 amide bonds. The van der Waals surface area contributed by atoms with E-state index in [1.54, 1.807) is 29.2 Å². The van der Waals surface area contributed by atoms with Crippen LogP contribution in [0.25, 0.3) is 0 Å². The molecule has 0 unspecified atom stereocenters. The Morgan fingerprint density at radius 1 is 1.09 bits per heavy atom. The SMILES string of the molecule is CCCN(CCC)C(=O)CN(c1ccc(Br)cc1)S(C)(=O)=O. The lowest BCUT2D eigenvalue weighted by Crippen LogP contribution is -2.43. The lowest BCUT2D eigenvalue weighted by Gasteiger charge is -2.27. The normalized spacial score (nSPS) is 11.3. The van der Waals surface area contributed by atoms with Gasteiger partial charge in [0.15, 0.2) is 0 Å². The van der Waals surface area contributed by atoms with Gasteiger partial charge >= 0.3 is 0 Å². The molecular formula is C15H23BrN2O3S. The van der Waals surface area contributed by atoms with Crippen molar-refractivity contribution in [2.24, 2.45) is 0 Å². The molecule has 0 radical (unpaired) electrons. The van der Waals surface area contributed by atoms with E-state index in [4.69, 9.17) is 0 Å². The molecule has 5 nitrogen and oxygen atoms in total. The van der Waals surface area contributed by atoms with Gasteiger partial charge in [-0.3, -0.25) is 9.10 Å². The van der Waals surface area contributed by atoms with Gasteiger partial charge in [0.05, 0.1) is 11.9 Å². The fourth-order valence-electron chi connectivity index (χ4n) is 2.13. The molecule has 0 aliphatic rings. The molecule has 0 N–H and O–H groups in total. The van der Waals surface area contributed by atoms with Crippen molar-refractivity contribution in [2.75, 3.05) is 30.2 Å². The number of anilines is 1. The standard InChI is InChI=1S/C15H23BrN2O3S/c1-4-10-17(11-5-2)15(19)12-18(22(3,20)21)14-8-6-13(16)7-9-14/h6-9H,4-5,10-12H2,1-3H3. The van der Waals surface area contributed by atoms with E-state index in [1.165, 1.54) is 0 Å². The number of benzene rings is 1. The second-order valence-electron chi connectivity index (χ2n) is 5.13. The molecule has 0 heterocycles. The van der Waals surface area contributed by atoms with Crippen LogP contribution in [0.5, 0.6) is 0 Å². The fraction of sp³-hybridized carbons (Fsp3) is 0.533. The van der Waals surface area contributed by atoms with Gasteiger partial charge in [0.25, 0.3) is 0 Å². The lowest BCUT2D eigenvalue weighted by atomic mass is 10.3. The quantitative estimate of drug-likeness (QED) is 0.685. The van der Waals surface area contributed by atoms with Gasteiger partial charge in [-0.1, -0.05) is 29.8 Å². The average Bonchev–Trinajstić information content (AvgIpc) is 2.44. The summed E-state index contributed by atoms with van der Waals surface area (Å²) in [6.45, 7) is 5.12. The molecule has 1 aromatic carbocycles. The summed E-state index contributed by atoms with van der Waals surface area (Å²) in [7, 11) is -3.52. The molecule has 0 atom stereocenters. The van der Waals surface area contributed by atoms with Crippen molar-refractivity contribution in [1.29, 1.82) is 0 Å². The largest absolute Gasteiger partial charge is 0.341 e. The molecule has 7 heteroatoms. The highest BCUT2D eigenvalue weighted by Gasteiger charge is 2.23. The summed E-state index contributed by atoms with van der Waals surface area (Å²) in [4.78, 5) is 14.2. The van der Waals surface area contributed by atoms with Crippen molar-refractivity contribution in [1.82, 2.24) is 4.90 Å². The molecule has 0 saturated carbocycles. The third-order valence-electron chi connectivity index (χ3n) is 3.13. The minimum absolute atomic E-state index is 0.166. The van der Waals surface area contributed by atoms with E-state index in [0.717, 1.165) is 27.9 Å². The number of hydrogen-bond donors (Lipinski definition) is 0. The van der Waals surface area contributed by atoms with Crippen molar-refractivity contribution >= 4 is 37.5 Å². The van der Waals surface area contributed by atoms with Gasteiger partial charge in [0.1, 0.15) is 6.54 Å². The van der Waals surface area contributed by atoms with E-state index in [9.17, 15) is 13.2 Å². The van der Waals surface area contributed by atoms with Crippen LogP contribution in [0.2, 0.25) is 0 Å². The lowest BCUT2D eigenvalue weighted by molar-refractivity contribution is -0.129. The Labute approximate surface area is 141 Å². The number of carbonyl (C=O) groups is 1. The first-order valence-electron chi connectivity index (χ1n) is 7.30. The monoisotopic (exact) mass is 390 g/mol. The van der Waals surface area contributed by atoms with Gasteiger partial charge in [-0.15, -0.1) is 0 Å². The molecule has 1 rings (SSSR count). The first kappa shape index (κ1) is 19.0. The molecule has 22 heavy (non-hydrogen) atoms. The second-order valence-corrected chi connectivity index (χ2v) is 7.95. The Balaban J connectivity index is 2.99. The summed E-state index contributed by atoms with van der Waals surface area (Å²) in [5.41, 5.74) is 0.493. The third kappa shape index (κ3) is 5.61. The first-order valence-corrected chi connectivity index (χ1v) is 9.94. The topological polar surface area (TPSA) is 57.7 Å². The summed E-state index contributed by atoms with van der Waals surface area (Å²) in [6.07, 6.45) is 2.82. The predicted octanol–water partition coefficient (Wildman–Crippen LogP) is 2.86. The zero-order valence-corrected chi connectivity index (χ0v) is 15.7. The predicted molar refractivity (Wildman–Crippen MR) is 93.5 cm³/mol. The van der Waals surface area contributed by atoms with Gasteiger partial charge in [0.2, 0.25) is 15.9 Å². The number of amides is 1. The van der Waals surface area contributed by atoms with Crippen LogP contribution in [0.15, 0.2) is 28.7 Å². The van der Waals surface area contributed by atoms with Crippen LogP contribution in [0.3, 0.4) is 0 Å². The van der Waals surface area contributed by atoms with E-state index in [-0.39, 0.29) is 12.5 Å². The smallest absolute Gasteiger partial charge is 0.243 e. The zero-order valence-electron chi connectivity index (χ0n) is 13.3. The Hall–Kier alpha value is -1.08. The van der Waals surface area contributed by atoms with Gasteiger partial charge < -0.3 is 4.90 Å². The molecule has 124 valence electrons. The molecule has 0 aromatic heterocycles. The summed E-state index contributed by atoms with van der Waals surface area (Å²) in [5.74, 6) is -0.169. The number of rotatable bonds is 8. The molecule has 0 spiro atoms. The fourth-order valence-corrected chi connectivity index (χ4v) is 3.25. The van der Waals surface area contributed by atoms with Gasteiger partial charge in [0, 0.05) is 17.6 Å². The van der Waals surface area contributed by atoms with Crippen molar-refractivity contribution in [3.05, 3.63) is 28.7 Å². The van der Waals surface area contributed by atoms with Gasteiger partial charge in [-0.05, 0) is 37.1 Å². The molecular weight excluding hydrogens is 368 g/mol. The van der Waals surface area contributed by atoms with Crippen molar-refractivity contribution in [2.45, 2.75) is 26.7 Å². The number of hydrogen-bond acceptors (Lipinski definition) is 3. The molecule has 0 saturated heterocycles. The minimum Gasteiger partial charge on any atom is -0.341 e. The van der Waals surface area contributed by atoms with Crippen LogP contribution in [-0.2, 0) is 14.8 Å². The highest BCUT2D eigenvalue weighted by molar-refractivity contribution is 9.10. The molecule has 0 bridgehead atoms. The molecule has 0 aliphatic carbocycles. The van der Waals surface area contributed by atoms with Crippen molar-refractivity contribution in [3.63, 3.8) is 0 Å².